The van der Waals surface area contributed by atoms with Crippen LogP contribution in [0.25, 0.3) is 6.08 Å². The van der Waals surface area contributed by atoms with Crippen molar-refractivity contribution in [2.24, 2.45) is 0 Å². The summed E-state index contributed by atoms with van der Waals surface area (Å²) in [5.41, 5.74) is 5.25. The number of hydrogen-bond donors (Lipinski definition) is 1. The molecule has 1 saturated heterocycles. The number of fused-ring (bicyclic) bond motifs is 2. The molecule has 1 atom stereocenters. The first-order chi connectivity index (χ1) is 9.87. The highest BCUT2D eigenvalue weighted by Gasteiger charge is 2.35. The minimum atomic E-state index is -0.545. The lowest BCUT2D eigenvalue weighted by molar-refractivity contribution is -0.0616. The van der Waals surface area contributed by atoms with Crippen LogP contribution in [0.5, 0.6) is 0 Å². The van der Waals surface area contributed by atoms with Crippen LogP contribution in [0.1, 0.15) is 49.2 Å². The topological polar surface area (TPSA) is 42.4 Å². The molecule has 1 aromatic heterocycles. The molecule has 0 saturated carbocycles. The Morgan fingerprint density at radius 1 is 1.33 bits per heavy atom. The largest absolute Gasteiger partial charge is 0.485 e. The fourth-order valence-electron chi connectivity index (χ4n) is 3.13. The Bertz CT molecular complexity index is 641. The first-order valence-corrected chi connectivity index (χ1v) is 7.62. The predicted octanol–water partition coefficient (Wildman–Crippen LogP) is 3.47. The number of aromatic nitrogens is 1. The number of allylic oxidation sites excluding steroid dienone is 2. The Morgan fingerprint density at radius 2 is 2.10 bits per heavy atom. The van der Waals surface area contributed by atoms with Gasteiger partial charge in [0.15, 0.2) is 0 Å². The van der Waals surface area contributed by atoms with Gasteiger partial charge in [0.2, 0.25) is 0 Å². The summed E-state index contributed by atoms with van der Waals surface area (Å²) in [5.74, 6) is 0.909. The lowest BCUT2D eigenvalue weighted by Gasteiger charge is -2.29. The van der Waals surface area contributed by atoms with Gasteiger partial charge < -0.3 is 9.84 Å². The minimum Gasteiger partial charge on any atom is -0.485 e. The van der Waals surface area contributed by atoms with Crippen molar-refractivity contribution in [2.45, 2.75) is 58.7 Å². The molecule has 1 aromatic rings. The van der Waals surface area contributed by atoms with Crippen LogP contribution in [-0.2, 0) is 11.2 Å². The van der Waals surface area contributed by atoms with E-state index in [2.05, 4.69) is 30.1 Å². The number of ether oxygens (including phenoxy) is 1. The van der Waals surface area contributed by atoms with E-state index in [4.69, 9.17) is 4.74 Å². The summed E-state index contributed by atoms with van der Waals surface area (Å²) >= 11 is 0. The number of nitrogens with zero attached hydrogens (tertiary/aromatic N) is 1. The van der Waals surface area contributed by atoms with Gasteiger partial charge in [-0.2, -0.15) is 0 Å². The number of aryl methyl sites for hydroxylation is 2. The molecule has 21 heavy (non-hydrogen) atoms. The first kappa shape index (κ1) is 14.3. The quantitative estimate of drug-likeness (QED) is 0.793. The average molecular weight is 285 g/mol. The molecule has 3 rings (SSSR count). The molecule has 1 aliphatic carbocycles. The molecule has 2 aliphatic rings. The Balaban J connectivity index is 2.07. The normalized spacial score (nSPS) is 23.8. The summed E-state index contributed by atoms with van der Waals surface area (Å²) in [6.45, 7) is 8.07. The third-order valence-corrected chi connectivity index (χ3v) is 4.49. The van der Waals surface area contributed by atoms with E-state index in [-0.39, 0.29) is 0 Å². The summed E-state index contributed by atoms with van der Waals surface area (Å²) in [6.07, 6.45) is 6.21. The number of hydrogen-bond acceptors (Lipinski definition) is 3. The molecule has 1 fully saturated rings. The van der Waals surface area contributed by atoms with Gasteiger partial charge in [-0.1, -0.05) is 0 Å². The van der Waals surface area contributed by atoms with E-state index in [0.717, 1.165) is 42.0 Å². The zero-order valence-electron chi connectivity index (χ0n) is 13.2. The van der Waals surface area contributed by atoms with Crippen LogP contribution < -0.4 is 0 Å². The Labute approximate surface area is 126 Å². The smallest absolute Gasteiger partial charge is 0.129 e. The summed E-state index contributed by atoms with van der Waals surface area (Å²) in [7, 11) is 0. The Hall–Kier alpha value is -1.61. The molecule has 0 amide bonds. The van der Waals surface area contributed by atoms with Crippen molar-refractivity contribution in [3.8, 4) is 0 Å². The molecular weight excluding hydrogens is 262 g/mol. The number of aliphatic hydroxyl groups is 1. The van der Waals surface area contributed by atoms with E-state index in [1.807, 2.05) is 20.8 Å². The highest BCUT2D eigenvalue weighted by atomic mass is 16.5. The predicted molar refractivity (Wildman–Crippen MR) is 83.9 cm³/mol. The van der Waals surface area contributed by atoms with Crippen molar-refractivity contribution in [3.05, 3.63) is 46.0 Å². The number of aliphatic hydroxyl groups excluding tert-OH is 1. The third-order valence-electron chi connectivity index (χ3n) is 4.49. The molecule has 0 radical (unpaired) electrons. The number of pyridine rings is 1. The molecule has 1 N–H and O–H groups in total. The van der Waals surface area contributed by atoms with Crippen LogP contribution in [0.4, 0.5) is 0 Å². The molecule has 3 heteroatoms. The second-order valence-electron chi connectivity index (χ2n) is 6.65. The van der Waals surface area contributed by atoms with Crippen LogP contribution in [0.3, 0.4) is 0 Å². The van der Waals surface area contributed by atoms with Crippen molar-refractivity contribution < 1.29 is 9.84 Å². The fourth-order valence-corrected chi connectivity index (χ4v) is 3.13. The molecular formula is C18H23NO2. The zero-order chi connectivity index (χ0) is 15.2. The molecule has 0 bridgehead atoms. The van der Waals surface area contributed by atoms with E-state index in [1.165, 1.54) is 11.1 Å². The molecule has 1 aliphatic heterocycles. The van der Waals surface area contributed by atoms with Gasteiger partial charge in [-0.3, -0.25) is 4.98 Å². The highest BCUT2D eigenvalue weighted by molar-refractivity contribution is 5.61. The van der Waals surface area contributed by atoms with Crippen LogP contribution in [0.2, 0.25) is 0 Å². The molecule has 2 heterocycles. The average Bonchev–Trinajstić information content (AvgIpc) is 2.60. The molecule has 0 aromatic carbocycles. The first-order valence-electron chi connectivity index (χ1n) is 7.62. The molecule has 1 unspecified atom stereocenters. The monoisotopic (exact) mass is 285 g/mol. The van der Waals surface area contributed by atoms with Gasteiger partial charge >= 0.3 is 0 Å². The van der Waals surface area contributed by atoms with E-state index in [9.17, 15) is 5.11 Å². The summed E-state index contributed by atoms with van der Waals surface area (Å²) in [6, 6.07) is 2.13. The maximum Gasteiger partial charge on any atom is 0.129 e. The minimum absolute atomic E-state index is 0.446. The second kappa shape index (κ2) is 4.99. The van der Waals surface area contributed by atoms with Crippen molar-refractivity contribution in [2.75, 3.05) is 0 Å². The van der Waals surface area contributed by atoms with Crippen LogP contribution in [0.15, 0.2) is 23.5 Å². The molecule has 0 spiro atoms. The Morgan fingerprint density at radius 3 is 2.86 bits per heavy atom. The van der Waals surface area contributed by atoms with Crippen molar-refractivity contribution in [3.63, 3.8) is 0 Å². The van der Waals surface area contributed by atoms with Crippen LogP contribution >= 0.6 is 0 Å². The van der Waals surface area contributed by atoms with Crippen molar-refractivity contribution in [1.29, 1.82) is 0 Å². The van der Waals surface area contributed by atoms with Gasteiger partial charge in [-0.15, -0.1) is 0 Å². The van der Waals surface area contributed by atoms with Gasteiger partial charge in [-0.25, -0.2) is 0 Å². The maximum absolute atomic E-state index is 10.2. The zero-order valence-corrected chi connectivity index (χ0v) is 13.2. The van der Waals surface area contributed by atoms with E-state index >= 15 is 0 Å². The molecule has 112 valence electrons. The summed E-state index contributed by atoms with van der Waals surface area (Å²) in [5, 5.41) is 10.2. The summed E-state index contributed by atoms with van der Waals surface area (Å²) < 4.78 is 6.11. The van der Waals surface area contributed by atoms with Crippen molar-refractivity contribution >= 4 is 6.08 Å². The highest BCUT2D eigenvalue weighted by Crippen LogP contribution is 2.36. The van der Waals surface area contributed by atoms with Gasteiger partial charge in [0.1, 0.15) is 11.4 Å². The fraction of sp³-hybridized carbons (Fsp3) is 0.500. The van der Waals surface area contributed by atoms with Gasteiger partial charge in [0.25, 0.3) is 0 Å². The van der Waals surface area contributed by atoms with Gasteiger partial charge in [0, 0.05) is 5.69 Å². The number of rotatable bonds is 0. The van der Waals surface area contributed by atoms with Crippen LogP contribution in [-0.4, -0.2) is 21.8 Å². The van der Waals surface area contributed by atoms with Crippen LogP contribution in [0, 0.1) is 13.8 Å². The van der Waals surface area contributed by atoms with E-state index < -0.39 is 11.7 Å². The lowest BCUT2D eigenvalue weighted by atomic mass is 9.97. The van der Waals surface area contributed by atoms with E-state index in [0.29, 0.717) is 0 Å². The SMILES string of the molecule is Cc1cc(C)c2c(n1)C=C1CCC(O)C(C)(C)OC1=CC2. The van der Waals surface area contributed by atoms with Gasteiger partial charge in [-0.05, 0) is 81.9 Å². The second-order valence-corrected chi connectivity index (χ2v) is 6.65. The maximum atomic E-state index is 10.2. The van der Waals surface area contributed by atoms with E-state index in [1.54, 1.807) is 0 Å². The Kier molecular flexibility index (Phi) is 3.40. The standard InChI is InChI=1S/C18H23NO2/c1-11-9-12(2)19-15-10-13-5-8-17(20)18(3,4)21-16(13)7-6-14(11)15/h7,9-10,17,20H,5-6,8H2,1-4H3. The third kappa shape index (κ3) is 2.62. The lowest BCUT2D eigenvalue weighted by Crippen LogP contribution is -2.37. The van der Waals surface area contributed by atoms with Crippen molar-refractivity contribution in [1.82, 2.24) is 4.98 Å². The van der Waals surface area contributed by atoms with Gasteiger partial charge in [0.05, 0.1) is 11.8 Å². The molecule has 3 nitrogen and oxygen atoms in total. The summed E-state index contributed by atoms with van der Waals surface area (Å²) in [4.78, 5) is 4.68.